The molecule has 0 unspecified atom stereocenters. The minimum Gasteiger partial charge on any atom is -0.481 e. The second-order valence-electron chi connectivity index (χ2n) is 2.52. The number of hydrogen-bond donors (Lipinski definition) is 3. The highest BCUT2D eigenvalue weighted by Gasteiger charge is 2.10. The molecule has 4 N–H and O–H groups in total. The molecule has 0 radical (unpaired) electrons. The van der Waals surface area contributed by atoms with E-state index in [9.17, 15) is 13.2 Å². The van der Waals surface area contributed by atoms with Gasteiger partial charge in [0.1, 0.15) is 0 Å². The smallest absolute Gasteiger partial charge is 0.304 e. The van der Waals surface area contributed by atoms with Gasteiger partial charge in [-0.15, -0.1) is 0 Å². The minimum absolute atomic E-state index is 0.138. The summed E-state index contributed by atoms with van der Waals surface area (Å²) in [7, 11) is -3.48. The van der Waals surface area contributed by atoms with Crippen molar-refractivity contribution in [1.29, 1.82) is 0 Å². The number of carboxylic acids is 1. The first-order valence-electron chi connectivity index (χ1n) is 4.02. The number of sulfonamides is 1. The summed E-state index contributed by atoms with van der Waals surface area (Å²) in [6.45, 7) is 0.482. The first-order valence-corrected chi connectivity index (χ1v) is 5.67. The standard InChI is InChI=1S/C7H14N2O4S/c8-4-1-2-5-9-14(12,13)6-3-7(10)11/h1-2,9H,3-6,8H2,(H,10,11)/b2-1+. The fourth-order valence-corrected chi connectivity index (χ4v) is 1.59. The maximum Gasteiger partial charge on any atom is 0.304 e. The molecule has 0 aliphatic rings. The van der Waals surface area contributed by atoms with Crippen LogP contribution in [0.3, 0.4) is 0 Å². The van der Waals surface area contributed by atoms with Gasteiger partial charge >= 0.3 is 5.97 Å². The Morgan fingerprint density at radius 1 is 1.43 bits per heavy atom. The molecule has 82 valence electrons. The molecule has 0 amide bonds. The normalized spacial score (nSPS) is 12.1. The first kappa shape index (κ1) is 13.1. The molecule has 0 fully saturated rings. The summed E-state index contributed by atoms with van der Waals surface area (Å²) in [6.07, 6.45) is 2.79. The van der Waals surface area contributed by atoms with Crippen LogP contribution in [0.25, 0.3) is 0 Å². The van der Waals surface area contributed by atoms with Gasteiger partial charge in [0, 0.05) is 13.1 Å². The van der Waals surface area contributed by atoms with Crippen molar-refractivity contribution in [1.82, 2.24) is 4.72 Å². The van der Waals surface area contributed by atoms with Crippen molar-refractivity contribution in [2.75, 3.05) is 18.8 Å². The molecular formula is C7H14N2O4S. The van der Waals surface area contributed by atoms with Crippen LogP contribution in [0.15, 0.2) is 12.2 Å². The van der Waals surface area contributed by atoms with E-state index < -0.39 is 28.2 Å². The monoisotopic (exact) mass is 222 g/mol. The minimum atomic E-state index is -3.48. The second-order valence-corrected chi connectivity index (χ2v) is 4.44. The Balaban J connectivity index is 3.84. The number of rotatable bonds is 7. The molecule has 14 heavy (non-hydrogen) atoms. The summed E-state index contributed by atoms with van der Waals surface area (Å²) in [5, 5.41) is 8.26. The molecule has 0 bridgehead atoms. The Bertz CT molecular complexity index is 297. The zero-order chi connectivity index (χ0) is 11.0. The Morgan fingerprint density at radius 2 is 2.07 bits per heavy atom. The van der Waals surface area contributed by atoms with Crippen LogP contribution < -0.4 is 10.5 Å². The van der Waals surface area contributed by atoms with E-state index in [-0.39, 0.29) is 6.54 Å². The van der Waals surface area contributed by atoms with Gasteiger partial charge in [0.15, 0.2) is 0 Å². The van der Waals surface area contributed by atoms with E-state index in [2.05, 4.69) is 4.72 Å². The summed E-state index contributed by atoms with van der Waals surface area (Å²) in [4.78, 5) is 10.1. The number of carboxylic acid groups (broad SMARTS) is 1. The van der Waals surface area contributed by atoms with E-state index in [1.54, 1.807) is 12.2 Å². The summed E-state index contributed by atoms with van der Waals surface area (Å²) >= 11 is 0. The van der Waals surface area contributed by atoms with Crippen molar-refractivity contribution in [3.05, 3.63) is 12.2 Å². The predicted molar refractivity (Wildman–Crippen MR) is 52.2 cm³/mol. The summed E-state index contributed by atoms with van der Waals surface area (Å²) in [5.41, 5.74) is 5.14. The molecular weight excluding hydrogens is 208 g/mol. The van der Waals surface area contributed by atoms with Crippen LogP contribution in [-0.2, 0) is 14.8 Å². The van der Waals surface area contributed by atoms with Crippen molar-refractivity contribution in [2.24, 2.45) is 5.73 Å². The molecule has 0 aromatic rings. The second kappa shape index (κ2) is 6.52. The van der Waals surface area contributed by atoms with Crippen molar-refractivity contribution >= 4 is 16.0 Å². The van der Waals surface area contributed by atoms with Crippen LogP contribution in [0.1, 0.15) is 6.42 Å². The van der Waals surface area contributed by atoms with Gasteiger partial charge in [-0.25, -0.2) is 13.1 Å². The third-order valence-electron chi connectivity index (χ3n) is 1.31. The highest BCUT2D eigenvalue weighted by Crippen LogP contribution is 1.89. The van der Waals surface area contributed by atoms with E-state index in [1.165, 1.54) is 0 Å². The molecule has 0 aromatic carbocycles. The molecule has 0 aliphatic carbocycles. The Hall–Kier alpha value is -0.920. The lowest BCUT2D eigenvalue weighted by Crippen LogP contribution is -2.27. The molecule has 0 saturated carbocycles. The molecule has 6 nitrogen and oxygen atoms in total. The van der Waals surface area contributed by atoms with E-state index in [1.807, 2.05) is 0 Å². The highest BCUT2D eigenvalue weighted by atomic mass is 32.2. The Morgan fingerprint density at radius 3 is 2.57 bits per heavy atom. The van der Waals surface area contributed by atoms with Crippen LogP contribution in [0.4, 0.5) is 0 Å². The van der Waals surface area contributed by atoms with Gasteiger partial charge in [-0.2, -0.15) is 0 Å². The number of aliphatic carboxylic acids is 1. The average Bonchev–Trinajstić information content (AvgIpc) is 2.10. The van der Waals surface area contributed by atoms with Crippen LogP contribution in [-0.4, -0.2) is 38.3 Å². The van der Waals surface area contributed by atoms with Crippen LogP contribution >= 0.6 is 0 Å². The maximum atomic E-state index is 11.1. The van der Waals surface area contributed by atoms with Gasteiger partial charge in [0.05, 0.1) is 12.2 Å². The zero-order valence-electron chi connectivity index (χ0n) is 7.64. The fourth-order valence-electron chi connectivity index (χ4n) is 0.648. The molecule has 0 spiro atoms. The zero-order valence-corrected chi connectivity index (χ0v) is 8.46. The van der Waals surface area contributed by atoms with Crippen molar-refractivity contribution in [2.45, 2.75) is 6.42 Å². The summed E-state index contributed by atoms with van der Waals surface area (Å²) < 4.78 is 24.3. The fraction of sp³-hybridized carbons (Fsp3) is 0.571. The van der Waals surface area contributed by atoms with Crippen LogP contribution in [0, 0.1) is 0 Å². The largest absolute Gasteiger partial charge is 0.481 e. The van der Waals surface area contributed by atoms with E-state index in [4.69, 9.17) is 10.8 Å². The molecule has 0 aromatic heterocycles. The molecule has 0 atom stereocenters. The van der Waals surface area contributed by atoms with Gasteiger partial charge in [0.2, 0.25) is 10.0 Å². The van der Waals surface area contributed by atoms with E-state index in [0.29, 0.717) is 6.54 Å². The van der Waals surface area contributed by atoms with Gasteiger partial charge in [-0.05, 0) is 0 Å². The Labute approximate surface area is 82.8 Å². The lowest BCUT2D eigenvalue weighted by atomic mass is 10.5. The molecule has 0 heterocycles. The highest BCUT2D eigenvalue weighted by molar-refractivity contribution is 7.89. The number of hydrogen-bond acceptors (Lipinski definition) is 4. The van der Waals surface area contributed by atoms with Gasteiger partial charge in [-0.3, -0.25) is 4.79 Å². The van der Waals surface area contributed by atoms with Gasteiger partial charge in [-0.1, -0.05) is 12.2 Å². The quantitative estimate of drug-likeness (QED) is 0.473. The van der Waals surface area contributed by atoms with Gasteiger partial charge in [0.25, 0.3) is 0 Å². The molecule has 0 aliphatic heterocycles. The van der Waals surface area contributed by atoms with Crippen molar-refractivity contribution in [3.8, 4) is 0 Å². The summed E-state index contributed by atoms with van der Waals surface area (Å²) in [6, 6.07) is 0. The third kappa shape index (κ3) is 7.71. The topological polar surface area (TPSA) is 109 Å². The van der Waals surface area contributed by atoms with Crippen LogP contribution in [0.5, 0.6) is 0 Å². The number of carbonyl (C=O) groups is 1. The number of nitrogens with two attached hydrogens (primary N) is 1. The van der Waals surface area contributed by atoms with Crippen LogP contribution in [0.2, 0.25) is 0 Å². The maximum absolute atomic E-state index is 11.1. The molecule has 7 heteroatoms. The number of nitrogens with one attached hydrogen (secondary N) is 1. The van der Waals surface area contributed by atoms with E-state index in [0.717, 1.165) is 0 Å². The van der Waals surface area contributed by atoms with Gasteiger partial charge < -0.3 is 10.8 Å². The molecule has 0 rings (SSSR count). The molecule has 0 saturated heterocycles. The Kier molecular flexibility index (Phi) is 6.09. The summed E-state index contributed by atoms with van der Waals surface area (Å²) in [5.74, 6) is -1.54. The predicted octanol–water partition coefficient (Wildman–Crippen LogP) is -1.10. The van der Waals surface area contributed by atoms with E-state index >= 15 is 0 Å². The lowest BCUT2D eigenvalue weighted by molar-refractivity contribution is -0.136. The SMILES string of the molecule is NC/C=C/CNS(=O)(=O)CCC(=O)O. The average molecular weight is 222 g/mol. The first-order chi connectivity index (χ1) is 6.48. The van der Waals surface area contributed by atoms with Crippen molar-refractivity contribution < 1.29 is 18.3 Å². The lowest BCUT2D eigenvalue weighted by Gasteiger charge is -2.01. The van der Waals surface area contributed by atoms with Crippen molar-refractivity contribution in [3.63, 3.8) is 0 Å². The third-order valence-corrected chi connectivity index (χ3v) is 2.66.